The van der Waals surface area contributed by atoms with Crippen molar-refractivity contribution < 1.29 is 4.42 Å². The topological polar surface area (TPSA) is 41.3 Å². The fraction of sp³-hybridized carbons (Fsp3) is 0.400. The number of aromatic nitrogens is 1. The molecular formula is C15H20BrCl2N3O. The van der Waals surface area contributed by atoms with Crippen molar-refractivity contribution >= 4 is 40.7 Å². The van der Waals surface area contributed by atoms with E-state index in [1.54, 1.807) is 0 Å². The maximum absolute atomic E-state index is 5.90. The van der Waals surface area contributed by atoms with E-state index in [-0.39, 0.29) is 24.8 Å². The second-order valence-electron chi connectivity index (χ2n) is 5.12. The van der Waals surface area contributed by atoms with E-state index in [0.29, 0.717) is 6.04 Å². The van der Waals surface area contributed by atoms with E-state index in [1.807, 2.05) is 30.5 Å². The van der Waals surface area contributed by atoms with Gasteiger partial charge in [-0.2, -0.15) is 0 Å². The van der Waals surface area contributed by atoms with E-state index in [1.165, 1.54) is 0 Å². The van der Waals surface area contributed by atoms with Crippen molar-refractivity contribution in [2.24, 2.45) is 0 Å². The molecule has 2 aromatic rings. The number of oxazole rings is 1. The lowest BCUT2D eigenvalue weighted by atomic mass is 10.2. The Kier molecular flexibility index (Phi) is 7.86. The Morgan fingerprint density at radius 2 is 2.14 bits per heavy atom. The molecule has 22 heavy (non-hydrogen) atoms. The average molecular weight is 409 g/mol. The van der Waals surface area contributed by atoms with E-state index in [9.17, 15) is 0 Å². The SMILES string of the molecule is C[C@H]1CNCCN1Cc1ncc(-c2ccccc2Br)o1.Cl.Cl. The van der Waals surface area contributed by atoms with Crippen LogP contribution in [0.15, 0.2) is 39.4 Å². The first-order chi connectivity index (χ1) is 9.74. The highest BCUT2D eigenvalue weighted by Crippen LogP contribution is 2.28. The molecule has 4 nitrogen and oxygen atoms in total. The van der Waals surface area contributed by atoms with Crippen molar-refractivity contribution in [3.05, 3.63) is 40.8 Å². The number of hydrogen-bond acceptors (Lipinski definition) is 4. The zero-order chi connectivity index (χ0) is 13.9. The molecule has 1 aromatic carbocycles. The molecule has 1 aliphatic heterocycles. The van der Waals surface area contributed by atoms with E-state index in [4.69, 9.17) is 4.42 Å². The molecule has 122 valence electrons. The van der Waals surface area contributed by atoms with Gasteiger partial charge in [-0.15, -0.1) is 24.8 Å². The maximum Gasteiger partial charge on any atom is 0.209 e. The first-order valence-electron chi connectivity index (χ1n) is 6.88. The summed E-state index contributed by atoms with van der Waals surface area (Å²) in [5, 5.41) is 3.39. The van der Waals surface area contributed by atoms with E-state index in [0.717, 1.165) is 47.9 Å². The molecule has 1 saturated heterocycles. The average Bonchev–Trinajstić information content (AvgIpc) is 2.90. The number of halogens is 3. The second-order valence-corrected chi connectivity index (χ2v) is 5.98. The smallest absolute Gasteiger partial charge is 0.209 e. The Balaban J connectivity index is 0.00000121. The highest BCUT2D eigenvalue weighted by molar-refractivity contribution is 9.10. The molecule has 0 amide bonds. The molecule has 0 bridgehead atoms. The molecule has 2 heterocycles. The molecule has 1 aliphatic rings. The molecule has 1 aromatic heterocycles. The van der Waals surface area contributed by atoms with Crippen molar-refractivity contribution in [1.82, 2.24) is 15.2 Å². The van der Waals surface area contributed by atoms with Crippen LogP contribution in [0.2, 0.25) is 0 Å². The van der Waals surface area contributed by atoms with Gasteiger partial charge in [-0.1, -0.05) is 34.1 Å². The van der Waals surface area contributed by atoms with Gasteiger partial charge in [-0.25, -0.2) is 4.98 Å². The predicted molar refractivity (Wildman–Crippen MR) is 96.9 cm³/mol. The van der Waals surface area contributed by atoms with Crippen molar-refractivity contribution in [2.45, 2.75) is 19.5 Å². The van der Waals surface area contributed by atoms with Crippen molar-refractivity contribution in [1.29, 1.82) is 0 Å². The molecular weight excluding hydrogens is 389 g/mol. The number of piperazine rings is 1. The summed E-state index contributed by atoms with van der Waals surface area (Å²) in [6.45, 7) is 6.09. The summed E-state index contributed by atoms with van der Waals surface area (Å²) in [5.74, 6) is 1.60. The fourth-order valence-electron chi connectivity index (χ4n) is 2.46. The highest BCUT2D eigenvalue weighted by Gasteiger charge is 2.20. The van der Waals surface area contributed by atoms with Crippen LogP contribution in [0, 0.1) is 0 Å². The van der Waals surface area contributed by atoms with Crippen LogP contribution in [-0.4, -0.2) is 35.6 Å². The maximum atomic E-state index is 5.90. The summed E-state index contributed by atoms with van der Waals surface area (Å²) in [6.07, 6.45) is 1.81. The number of nitrogens with zero attached hydrogens (tertiary/aromatic N) is 2. The van der Waals surface area contributed by atoms with Crippen LogP contribution in [-0.2, 0) is 6.54 Å². The Labute approximate surface area is 151 Å². The second kappa shape index (κ2) is 8.89. The Hall–Kier alpha value is -0.590. The predicted octanol–water partition coefficient (Wildman–Crippen LogP) is 3.74. The molecule has 0 saturated carbocycles. The minimum Gasteiger partial charge on any atom is -0.439 e. The van der Waals surface area contributed by atoms with Gasteiger partial charge in [0, 0.05) is 35.7 Å². The molecule has 3 rings (SSSR count). The normalized spacial score (nSPS) is 18.4. The van der Waals surface area contributed by atoms with Gasteiger partial charge in [0.1, 0.15) is 0 Å². The van der Waals surface area contributed by atoms with Gasteiger partial charge in [0.15, 0.2) is 5.76 Å². The quantitative estimate of drug-likeness (QED) is 0.839. The lowest BCUT2D eigenvalue weighted by molar-refractivity contribution is 0.151. The third kappa shape index (κ3) is 4.46. The monoisotopic (exact) mass is 407 g/mol. The third-order valence-electron chi connectivity index (χ3n) is 3.67. The molecule has 0 unspecified atom stereocenters. The van der Waals surface area contributed by atoms with Gasteiger partial charge in [0.2, 0.25) is 5.89 Å². The van der Waals surface area contributed by atoms with Crippen LogP contribution in [0.3, 0.4) is 0 Å². The molecule has 1 N–H and O–H groups in total. The lowest BCUT2D eigenvalue weighted by Crippen LogP contribution is -2.49. The third-order valence-corrected chi connectivity index (χ3v) is 4.36. The van der Waals surface area contributed by atoms with Crippen molar-refractivity contribution in [3.63, 3.8) is 0 Å². The van der Waals surface area contributed by atoms with Crippen LogP contribution in [0.4, 0.5) is 0 Å². The summed E-state index contributed by atoms with van der Waals surface area (Å²) in [6, 6.07) is 8.55. The molecule has 7 heteroatoms. The number of nitrogens with one attached hydrogen (secondary N) is 1. The van der Waals surface area contributed by atoms with E-state index in [2.05, 4.69) is 38.1 Å². The van der Waals surface area contributed by atoms with Crippen LogP contribution < -0.4 is 5.32 Å². The molecule has 0 radical (unpaired) electrons. The van der Waals surface area contributed by atoms with Crippen molar-refractivity contribution in [3.8, 4) is 11.3 Å². The van der Waals surface area contributed by atoms with Gasteiger partial charge in [0.05, 0.1) is 12.7 Å². The number of hydrogen-bond donors (Lipinski definition) is 1. The Morgan fingerprint density at radius 1 is 1.36 bits per heavy atom. The fourth-order valence-corrected chi connectivity index (χ4v) is 2.94. The van der Waals surface area contributed by atoms with Crippen LogP contribution in [0.25, 0.3) is 11.3 Å². The van der Waals surface area contributed by atoms with Crippen LogP contribution in [0.5, 0.6) is 0 Å². The molecule has 0 aliphatic carbocycles. The number of rotatable bonds is 3. The summed E-state index contributed by atoms with van der Waals surface area (Å²) in [5.41, 5.74) is 1.04. The van der Waals surface area contributed by atoms with Crippen molar-refractivity contribution in [2.75, 3.05) is 19.6 Å². The Bertz CT molecular complexity index is 594. The zero-order valence-corrected chi connectivity index (χ0v) is 15.5. The summed E-state index contributed by atoms with van der Waals surface area (Å²) < 4.78 is 6.92. The molecule has 1 fully saturated rings. The first-order valence-corrected chi connectivity index (χ1v) is 7.67. The minimum absolute atomic E-state index is 0. The van der Waals surface area contributed by atoms with Gasteiger partial charge >= 0.3 is 0 Å². The molecule has 1 atom stereocenters. The van der Waals surface area contributed by atoms with Gasteiger partial charge in [-0.3, -0.25) is 4.90 Å². The largest absolute Gasteiger partial charge is 0.439 e. The van der Waals surface area contributed by atoms with Crippen LogP contribution >= 0.6 is 40.7 Å². The summed E-state index contributed by atoms with van der Waals surface area (Å²) >= 11 is 3.54. The number of benzene rings is 1. The summed E-state index contributed by atoms with van der Waals surface area (Å²) in [7, 11) is 0. The minimum atomic E-state index is 0. The first kappa shape index (κ1) is 19.5. The standard InChI is InChI=1S/C15H18BrN3O.2ClH/c1-11-8-17-6-7-19(11)10-15-18-9-14(20-15)12-4-2-3-5-13(12)16;;/h2-5,9,11,17H,6-8,10H2,1H3;2*1H/t11-;;/m0../s1. The lowest BCUT2D eigenvalue weighted by Gasteiger charge is -2.32. The van der Waals surface area contributed by atoms with Gasteiger partial charge in [0.25, 0.3) is 0 Å². The Morgan fingerprint density at radius 3 is 2.86 bits per heavy atom. The molecule has 0 spiro atoms. The summed E-state index contributed by atoms with van der Waals surface area (Å²) in [4.78, 5) is 6.81. The highest BCUT2D eigenvalue weighted by atomic mass is 79.9. The van der Waals surface area contributed by atoms with Gasteiger partial charge < -0.3 is 9.73 Å². The van der Waals surface area contributed by atoms with Crippen LogP contribution in [0.1, 0.15) is 12.8 Å². The van der Waals surface area contributed by atoms with E-state index < -0.39 is 0 Å². The van der Waals surface area contributed by atoms with E-state index >= 15 is 0 Å². The zero-order valence-electron chi connectivity index (χ0n) is 12.3. The van der Waals surface area contributed by atoms with Gasteiger partial charge in [-0.05, 0) is 13.0 Å².